The zero-order chi connectivity index (χ0) is 21.3. The number of nitrogen functional groups attached to an aromatic ring is 1. The highest BCUT2D eigenvalue weighted by Gasteiger charge is 2.02. The third-order valence-electron chi connectivity index (χ3n) is 3.88. The second-order valence-electron chi connectivity index (χ2n) is 6.21. The molecule has 0 aliphatic carbocycles. The SMILES string of the molecule is Nc1ccccc1OCCOCCOCCOCCNC(=O)OCc1ccccc1. The van der Waals surface area contributed by atoms with Crippen molar-refractivity contribution in [3.05, 3.63) is 60.2 Å². The number of para-hydroxylation sites is 2. The number of benzene rings is 2. The minimum Gasteiger partial charge on any atom is -0.489 e. The lowest BCUT2D eigenvalue weighted by molar-refractivity contribution is 0.00981. The fraction of sp³-hybridized carbons (Fsp3) is 0.409. The first-order valence-corrected chi connectivity index (χ1v) is 9.91. The molecule has 0 fully saturated rings. The van der Waals surface area contributed by atoms with Crippen molar-refractivity contribution in [2.24, 2.45) is 0 Å². The predicted molar refractivity (Wildman–Crippen MR) is 113 cm³/mol. The summed E-state index contributed by atoms with van der Waals surface area (Å²) in [4.78, 5) is 11.6. The standard InChI is InChI=1S/C22H30N2O6/c23-20-8-4-5-9-21(20)29-17-16-28-15-14-27-13-12-26-11-10-24-22(25)30-18-19-6-2-1-3-7-19/h1-9H,10-18,23H2,(H,24,25). The number of carbonyl (C=O) groups is 1. The van der Waals surface area contributed by atoms with Gasteiger partial charge < -0.3 is 34.7 Å². The van der Waals surface area contributed by atoms with Gasteiger partial charge in [-0.25, -0.2) is 4.79 Å². The van der Waals surface area contributed by atoms with Gasteiger partial charge in [-0.05, 0) is 17.7 Å². The minimum absolute atomic E-state index is 0.246. The number of ether oxygens (including phenoxy) is 5. The van der Waals surface area contributed by atoms with Crippen molar-refractivity contribution >= 4 is 11.8 Å². The van der Waals surface area contributed by atoms with E-state index in [-0.39, 0.29) is 6.61 Å². The summed E-state index contributed by atoms with van der Waals surface area (Å²) < 4.78 is 26.8. The summed E-state index contributed by atoms with van der Waals surface area (Å²) >= 11 is 0. The summed E-state index contributed by atoms with van der Waals surface area (Å²) in [6.07, 6.45) is -0.463. The molecular weight excluding hydrogens is 388 g/mol. The number of nitrogens with two attached hydrogens (primary N) is 1. The normalized spacial score (nSPS) is 10.5. The molecule has 0 heterocycles. The molecule has 0 spiro atoms. The molecule has 2 aromatic rings. The van der Waals surface area contributed by atoms with E-state index in [1.54, 1.807) is 6.07 Å². The van der Waals surface area contributed by atoms with Gasteiger partial charge in [0.2, 0.25) is 0 Å². The molecule has 8 nitrogen and oxygen atoms in total. The van der Waals surface area contributed by atoms with Crippen molar-refractivity contribution in [2.45, 2.75) is 6.61 Å². The van der Waals surface area contributed by atoms with Crippen LogP contribution in [-0.4, -0.2) is 58.9 Å². The van der Waals surface area contributed by atoms with E-state index in [0.29, 0.717) is 64.2 Å². The Hall–Kier alpha value is -2.81. The molecule has 164 valence electrons. The fourth-order valence-corrected chi connectivity index (χ4v) is 2.36. The molecule has 0 unspecified atom stereocenters. The van der Waals surface area contributed by atoms with Crippen LogP contribution >= 0.6 is 0 Å². The molecule has 0 saturated carbocycles. The fourth-order valence-electron chi connectivity index (χ4n) is 2.36. The van der Waals surface area contributed by atoms with Crippen molar-refractivity contribution < 1.29 is 28.5 Å². The Morgan fingerprint density at radius 3 is 2.07 bits per heavy atom. The molecule has 3 N–H and O–H groups in total. The van der Waals surface area contributed by atoms with Gasteiger partial charge in [-0.15, -0.1) is 0 Å². The van der Waals surface area contributed by atoms with E-state index < -0.39 is 6.09 Å². The Bertz CT molecular complexity index is 714. The second-order valence-corrected chi connectivity index (χ2v) is 6.21. The lowest BCUT2D eigenvalue weighted by Crippen LogP contribution is -2.28. The largest absolute Gasteiger partial charge is 0.489 e. The Labute approximate surface area is 177 Å². The molecule has 0 aliphatic heterocycles. The van der Waals surface area contributed by atoms with Crippen LogP contribution in [0.25, 0.3) is 0 Å². The number of rotatable bonds is 15. The van der Waals surface area contributed by atoms with Crippen molar-refractivity contribution in [1.29, 1.82) is 0 Å². The Balaban J connectivity index is 1.32. The van der Waals surface area contributed by atoms with Gasteiger partial charge in [0, 0.05) is 6.54 Å². The topological polar surface area (TPSA) is 101 Å². The van der Waals surface area contributed by atoms with E-state index in [9.17, 15) is 4.79 Å². The first-order valence-electron chi connectivity index (χ1n) is 9.91. The molecule has 0 bridgehead atoms. The molecule has 0 aromatic heterocycles. The first-order chi connectivity index (χ1) is 14.8. The van der Waals surface area contributed by atoms with Gasteiger partial charge in [0.1, 0.15) is 19.0 Å². The zero-order valence-electron chi connectivity index (χ0n) is 17.1. The zero-order valence-corrected chi connectivity index (χ0v) is 17.1. The number of hydrogen-bond acceptors (Lipinski definition) is 7. The number of hydrogen-bond donors (Lipinski definition) is 2. The summed E-state index contributed by atoms with van der Waals surface area (Å²) in [5.41, 5.74) is 7.34. The highest BCUT2D eigenvalue weighted by atomic mass is 16.6. The van der Waals surface area contributed by atoms with E-state index in [4.69, 9.17) is 29.4 Å². The van der Waals surface area contributed by atoms with E-state index in [2.05, 4.69) is 5.32 Å². The van der Waals surface area contributed by atoms with Crippen LogP contribution < -0.4 is 15.8 Å². The molecule has 0 atom stereocenters. The molecule has 2 aromatic carbocycles. The van der Waals surface area contributed by atoms with Crippen LogP contribution in [0.1, 0.15) is 5.56 Å². The lowest BCUT2D eigenvalue weighted by Gasteiger charge is -2.10. The van der Waals surface area contributed by atoms with Crippen LogP contribution in [0.2, 0.25) is 0 Å². The average Bonchev–Trinajstić information content (AvgIpc) is 2.77. The summed E-state index contributed by atoms with van der Waals surface area (Å²) in [7, 11) is 0. The van der Waals surface area contributed by atoms with Crippen LogP contribution in [0.4, 0.5) is 10.5 Å². The van der Waals surface area contributed by atoms with Crippen molar-refractivity contribution in [3.8, 4) is 5.75 Å². The smallest absolute Gasteiger partial charge is 0.407 e. The van der Waals surface area contributed by atoms with E-state index >= 15 is 0 Å². The van der Waals surface area contributed by atoms with Crippen molar-refractivity contribution in [3.63, 3.8) is 0 Å². The molecule has 2 rings (SSSR count). The molecular formula is C22H30N2O6. The van der Waals surface area contributed by atoms with Gasteiger partial charge in [-0.2, -0.15) is 0 Å². The number of anilines is 1. The third kappa shape index (κ3) is 10.7. The van der Waals surface area contributed by atoms with E-state index in [1.807, 2.05) is 48.5 Å². The molecule has 1 amide bonds. The Kier molecular flexibility index (Phi) is 11.8. The highest BCUT2D eigenvalue weighted by molar-refractivity contribution is 5.67. The maximum atomic E-state index is 11.6. The maximum absolute atomic E-state index is 11.6. The van der Waals surface area contributed by atoms with Crippen LogP contribution in [0.3, 0.4) is 0 Å². The maximum Gasteiger partial charge on any atom is 0.407 e. The van der Waals surface area contributed by atoms with Crippen LogP contribution in [0, 0.1) is 0 Å². The summed E-state index contributed by atoms with van der Waals surface area (Å²) in [5, 5.41) is 2.63. The van der Waals surface area contributed by atoms with Gasteiger partial charge in [-0.1, -0.05) is 42.5 Å². The second kappa shape index (κ2) is 15.1. The number of amides is 1. The third-order valence-corrected chi connectivity index (χ3v) is 3.88. The van der Waals surface area contributed by atoms with Crippen molar-refractivity contribution in [1.82, 2.24) is 5.32 Å². The van der Waals surface area contributed by atoms with Gasteiger partial charge in [0.25, 0.3) is 0 Å². The van der Waals surface area contributed by atoms with Gasteiger partial charge in [0.15, 0.2) is 0 Å². The monoisotopic (exact) mass is 418 g/mol. The minimum atomic E-state index is -0.463. The van der Waals surface area contributed by atoms with Crippen LogP contribution in [0.15, 0.2) is 54.6 Å². The average molecular weight is 418 g/mol. The van der Waals surface area contributed by atoms with E-state index in [0.717, 1.165) is 5.56 Å². The highest BCUT2D eigenvalue weighted by Crippen LogP contribution is 2.19. The number of nitrogens with one attached hydrogen (secondary N) is 1. The molecule has 0 radical (unpaired) electrons. The Morgan fingerprint density at radius 1 is 0.767 bits per heavy atom. The van der Waals surface area contributed by atoms with Crippen LogP contribution in [0.5, 0.6) is 5.75 Å². The summed E-state index contributed by atoms with van der Waals surface area (Å²) in [5.74, 6) is 0.661. The molecule has 0 saturated heterocycles. The quantitative estimate of drug-likeness (QED) is 0.339. The Morgan fingerprint density at radius 2 is 1.37 bits per heavy atom. The summed E-state index contributed by atoms with van der Waals surface area (Å²) in [6, 6.07) is 16.9. The molecule has 8 heteroatoms. The van der Waals surface area contributed by atoms with Gasteiger partial charge >= 0.3 is 6.09 Å². The van der Waals surface area contributed by atoms with Crippen LogP contribution in [-0.2, 0) is 25.6 Å². The first kappa shape index (κ1) is 23.5. The number of carbonyl (C=O) groups excluding carboxylic acids is 1. The molecule has 0 aliphatic rings. The predicted octanol–water partition coefficient (Wildman–Crippen LogP) is 2.62. The van der Waals surface area contributed by atoms with Gasteiger partial charge in [-0.3, -0.25) is 0 Å². The van der Waals surface area contributed by atoms with Gasteiger partial charge in [0.05, 0.1) is 45.3 Å². The van der Waals surface area contributed by atoms with Crippen molar-refractivity contribution in [2.75, 3.05) is 58.5 Å². The summed E-state index contributed by atoms with van der Waals surface area (Å²) in [6.45, 7) is 3.75. The lowest BCUT2D eigenvalue weighted by atomic mass is 10.2. The molecule has 30 heavy (non-hydrogen) atoms. The number of alkyl carbamates (subject to hydrolysis) is 1. The van der Waals surface area contributed by atoms with E-state index in [1.165, 1.54) is 0 Å².